The molecule has 0 bridgehead atoms. The highest BCUT2D eigenvalue weighted by Crippen LogP contribution is 2.30. The number of nitrogens with zero attached hydrogens (tertiary/aromatic N) is 1. The summed E-state index contributed by atoms with van der Waals surface area (Å²) in [5.74, 6) is -0.899. The third-order valence-corrected chi connectivity index (χ3v) is 4.61. The number of carbonyl (C=O) groups is 2. The molecule has 114 valence electrons. The Morgan fingerprint density at radius 2 is 2.14 bits per heavy atom. The van der Waals surface area contributed by atoms with Gasteiger partial charge in [0.25, 0.3) is 0 Å². The van der Waals surface area contributed by atoms with Gasteiger partial charge in [-0.2, -0.15) is 0 Å². The average Bonchev–Trinajstić information content (AvgIpc) is 2.82. The van der Waals surface area contributed by atoms with Crippen molar-refractivity contribution < 1.29 is 14.7 Å². The molecular formula is C15H20N2O3S. The Morgan fingerprint density at radius 3 is 2.76 bits per heavy atom. The van der Waals surface area contributed by atoms with Gasteiger partial charge in [0.05, 0.1) is 17.6 Å². The maximum Gasteiger partial charge on any atom is 0.310 e. The molecule has 21 heavy (non-hydrogen) atoms. The molecule has 6 heteroatoms. The number of benzene rings is 1. The van der Waals surface area contributed by atoms with Crippen LogP contribution >= 0.6 is 11.8 Å². The maximum absolute atomic E-state index is 12.1. The third kappa shape index (κ3) is 3.77. The molecule has 1 unspecified atom stereocenters. The van der Waals surface area contributed by atoms with Crippen LogP contribution in [0.15, 0.2) is 29.2 Å². The molecule has 1 aromatic rings. The Kier molecular flexibility index (Phi) is 4.90. The lowest BCUT2D eigenvalue weighted by Crippen LogP contribution is -2.35. The Bertz CT molecular complexity index is 549. The lowest BCUT2D eigenvalue weighted by Gasteiger charge is -2.19. The van der Waals surface area contributed by atoms with Gasteiger partial charge in [0.15, 0.2) is 0 Å². The molecule has 0 saturated carbocycles. The minimum absolute atomic E-state index is 0.105. The second-order valence-electron chi connectivity index (χ2n) is 5.57. The van der Waals surface area contributed by atoms with E-state index in [2.05, 4.69) is 5.32 Å². The number of carbonyl (C=O) groups excluding carboxylic acids is 1. The fraction of sp³-hybridized carbons (Fsp3) is 0.467. The molecule has 0 radical (unpaired) electrons. The number of para-hydroxylation sites is 1. The zero-order chi connectivity index (χ0) is 15.5. The summed E-state index contributed by atoms with van der Waals surface area (Å²) in [4.78, 5) is 26.2. The van der Waals surface area contributed by atoms with E-state index in [1.807, 2.05) is 35.4 Å². The summed E-state index contributed by atoms with van der Waals surface area (Å²) in [6.07, 6.45) is 2.54. The van der Waals surface area contributed by atoms with Crippen molar-refractivity contribution in [2.24, 2.45) is 5.41 Å². The number of likely N-dealkylation sites (tertiary alicyclic amines) is 1. The Labute approximate surface area is 128 Å². The summed E-state index contributed by atoms with van der Waals surface area (Å²) < 4.78 is 0. The molecule has 1 aliphatic heterocycles. The van der Waals surface area contributed by atoms with Crippen LogP contribution < -0.4 is 5.32 Å². The number of nitrogens with one attached hydrogen (secondary N) is 1. The van der Waals surface area contributed by atoms with E-state index in [0.29, 0.717) is 19.5 Å². The van der Waals surface area contributed by atoms with Crippen LogP contribution in [0.5, 0.6) is 0 Å². The zero-order valence-electron chi connectivity index (χ0n) is 12.3. The van der Waals surface area contributed by atoms with Gasteiger partial charge in [-0.3, -0.25) is 14.5 Å². The Morgan fingerprint density at radius 1 is 1.43 bits per heavy atom. The standard InChI is InChI=1S/C15H20N2O3S/c1-15(14(19)20)7-8-17(10-15)9-13(18)16-11-5-3-4-6-12(11)21-2/h3-6H,7-10H2,1-2H3,(H,16,18)(H,19,20). The molecule has 1 atom stereocenters. The summed E-state index contributed by atoms with van der Waals surface area (Å²) in [5.41, 5.74) is 0.0625. The van der Waals surface area contributed by atoms with Crippen molar-refractivity contribution in [2.45, 2.75) is 18.2 Å². The van der Waals surface area contributed by atoms with Gasteiger partial charge in [-0.1, -0.05) is 12.1 Å². The summed E-state index contributed by atoms with van der Waals surface area (Å²) >= 11 is 1.58. The van der Waals surface area contributed by atoms with E-state index in [1.54, 1.807) is 18.7 Å². The van der Waals surface area contributed by atoms with Gasteiger partial charge in [0.2, 0.25) is 5.91 Å². The van der Waals surface area contributed by atoms with Gasteiger partial charge in [-0.15, -0.1) is 11.8 Å². The SMILES string of the molecule is CSc1ccccc1NC(=O)CN1CCC(C)(C(=O)O)C1. The summed E-state index contributed by atoms with van der Waals surface area (Å²) in [7, 11) is 0. The monoisotopic (exact) mass is 308 g/mol. The first kappa shape index (κ1) is 15.9. The second kappa shape index (κ2) is 6.49. The second-order valence-corrected chi connectivity index (χ2v) is 6.42. The molecule has 1 saturated heterocycles. The van der Waals surface area contributed by atoms with Crippen molar-refractivity contribution in [3.05, 3.63) is 24.3 Å². The molecule has 1 aromatic carbocycles. The molecule has 1 heterocycles. The van der Waals surface area contributed by atoms with Crippen LogP contribution in [-0.2, 0) is 9.59 Å². The fourth-order valence-electron chi connectivity index (χ4n) is 2.51. The largest absolute Gasteiger partial charge is 0.481 e. The molecular weight excluding hydrogens is 288 g/mol. The van der Waals surface area contributed by atoms with Crippen molar-refractivity contribution in [3.63, 3.8) is 0 Å². The first-order chi connectivity index (χ1) is 9.94. The Hall–Kier alpha value is -1.53. The van der Waals surface area contributed by atoms with Crippen molar-refractivity contribution in [1.82, 2.24) is 4.90 Å². The molecule has 2 rings (SSSR count). The minimum Gasteiger partial charge on any atom is -0.481 e. The molecule has 5 nitrogen and oxygen atoms in total. The van der Waals surface area contributed by atoms with Crippen molar-refractivity contribution >= 4 is 29.3 Å². The zero-order valence-corrected chi connectivity index (χ0v) is 13.1. The van der Waals surface area contributed by atoms with Gasteiger partial charge in [0.1, 0.15) is 0 Å². The third-order valence-electron chi connectivity index (χ3n) is 3.82. The van der Waals surface area contributed by atoms with Gasteiger partial charge in [0, 0.05) is 11.4 Å². The van der Waals surface area contributed by atoms with Crippen LogP contribution in [-0.4, -0.2) is 47.8 Å². The number of thioether (sulfide) groups is 1. The molecule has 1 fully saturated rings. The van der Waals surface area contributed by atoms with E-state index in [9.17, 15) is 14.7 Å². The molecule has 2 N–H and O–H groups in total. The van der Waals surface area contributed by atoms with Crippen molar-refractivity contribution in [1.29, 1.82) is 0 Å². The van der Waals surface area contributed by atoms with Crippen LogP contribution in [0.4, 0.5) is 5.69 Å². The lowest BCUT2D eigenvalue weighted by atomic mass is 9.90. The summed E-state index contributed by atoms with van der Waals surface area (Å²) in [6, 6.07) is 7.64. The minimum atomic E-state index is -0.793. The number of carboxylic acid groups (broad SMARTS) is 1. The molecule has 0 spiro atoms. The quantitative estimate of drug-likeness (QED) is 0.816. The first-order valence-corrected chi connectivity index (χ1v) is 8.06. The van der Waals surface area contributed by atoms with Crippen LogP contribution in [0, 0.1) is 5.41 Å². The van der Waals surface area contributed by atoms with Crippen molar-refractivity contribution in [3.8, 4) is 0 Å². The highest BCUT2D eigenvalue weighted by Gasteiger charge is 2.40. The first-order valence-electron chi connectivity index (χ1n) is 6.83. The van der Waals surface area contributed by atoms with Crippen LogP contribution in [0.1, 0.15) is 13.3 Å². The van der Waals surface area contributed by atoms with E-state index in [0.717, 1.165) is 10.6 Å². The molecule has 1 amide bonds. The Balaban J connectivity index is 1.93. The average molecular weight is 308 g/mol. The number of anilines is 1. The van der Waals surface area contributed by atoms with Crippen molar-refractivity contribution in [2.75, 3.05) is 31.2 Å². The fourth-order valence-corrected chi connectivity index (χ4v) is 3.06. The van der Waals surface area contributed by atoms with Crippen LogP contribution in [0.25, 0.3) is 0 Å². The summed E-state index contributed by atoms with van der Waals surface area (Å²) in [5, 5.41) is 12.1. The van der Waals surface area contributed by atoms with Gasteiger partial charge in [-0.05, 0) is 38.3 Å². The molecule has 0 aromatic heterocycles. The topological polar surface area (TPSA) is 69.6 Å². The smallest absolute Gasteiger partial charge is 0.310 e. The molecule has 1 aliphatic rings. The van der Waals surface area contributed by atoms with Gasteiger partial charge < -0.3 is 10.4 Å². The van der Waals surface area contributed by atoms with Gasteiger partial charge >= 0.3 is 5.97 Å². The van der Waals surface area contributed by atoms with E-state index >= 15 is 0 Å². The predicted molar refractivity (Wildman–Crippen MR) is 83.7 cm³/mol. The highest BCUT2D eigenvalue weighted by atomic mass is 32.2. The van der Waals surface area contributed by atoms with E-state index < -0.39 is 11.4 Å². The molecule has 0 aliphatic carbocycles. The van der Waals surface area contributed by atoms with Gasteiger partial charge in [-0.25, -0.2) is 0 Å². The number of amides is 1. The number of rotatable bonds is 5. The normalized spacial score (nSPS) is 22.2. The van der Waals surface area contributed by atoms with E-state index in [-0.39, 0.29) is 12.5 Å². The summed E-state index contributed by atoms with van der Waals surface area (Å²) in [6.45, 7) is 3.02. The number of hydrogen-bond acceptors (Lipinski definition) is 4. The number of hydrogen-bond donors (Lipinski definition) is 2. The van der Waals surface area contributed by atoms with E-state index in [1.165, 1.54) is 0 Å². The highest BCUT2D eigenvalue weighted by molar-refractivity contribution is 7.98. The number of carboxylic acids is 1. The lowest BCUT2D eigenvalue weighted by molar-refractivity contribution is -0.147. The maximum atomic E-state index is 12.1. The van der Waals surface area contributed by atoms with E-state index in [4.69, 9.17) is 0 Å². The predicted octanol–water partition coefficient (Wildman–Crippen LogP) is 2.14. The van der Waals surface area contributed by atoms with Crippen LogP contribution in [0.2, 0.25) is 0 Å². The van der Waals surface area contributed by atoms with Crippen LogP contribution in [0.3, 0.4) is 0 Å². The number of aliphatic carboxylic acids is 1.